The van der Waals surface area contributed by atoms with Crippen molar-refractivity contribution in [2.75, 3.05) is 6.26 Å². The van der Waals surface area contributed by atoms with E-state index >= 15 is 0 Å². The Bertz CT molecular complexity index is 427. The molecule has 0 unspecified atom stereocenters. The minimum absolute atomic E-state index is 0.0376. The van der Waals surface area contributed by atoms with Crippen molar-refractivity contribution >= 4 is 9.84 Å². The highest BCUT2D eigenvalue weighted by Crippen LogP contribution is 2.21. The molecule has 0 fully saturated rings. The maximum absolute atomic E-state index is 11.1. The summed E-state index contributed by atoms with van der Waals surface area (Å²) in [4.78, 5) is 4.39. The number of hydrogen-bond donors (Lipinski definition) is 2. The van der Waals surface area contributed by atoms with Crippen molar-refractivity contribution in [2.24, 2.45) is 5.90 Å². The van der Waals surface area contributed by atoms with Gasteiger partial charge in [0.2, 0.25) is 0 Å². The highest BCUT2D eigenvalue weighted by atomic mass is 32.2. The van der Waals surface area contributed by atoms with E-state index in [0.717, 1.165) is 6.26 Å². The van der Waals surface area contributed by atoms with E-state index in [4.69, 9.17) is 5.90 Å². The van der Waals surface area contributed by atoms with Crippen LogP contribution in [-0.4, -0.2) is 19.8 Å². The lowest BCUT2D eigenvalue weighted by Crippen LogP contribution is -2.01. The van der Waals surface area contributed by atoms with Crippen molar-refractivity contribution < 1.29 is 18.4 Å². The predicted octanol–water partition coefficient (Wildman–Crippen LogP) is 0.186. The Labute approximate surface area is 82.0 Å². The first-order valence-electron chi connectivity index (χ1n) is 3.79. The molecule has 0 saturated carbocycles. The van der Waals surface area contributed by atoms with Crippen LogP contribution in [0.2, 0.25) is 0 Å². The largest absolute Gasteiger partial charge is 0.508 e. The topological polar surface area (TPSA) is 89.6 Å². The summed E-state index contributed by atoms with van der Waals surface area (Å²) in [6, 6.07) is 4.02. The fourth-order valence-electron chi connectivity index (χ4n) is 0.986. The number of aromatic hydroxyl groups is 1. The molecule has 6 heteroatoms. The van der Waals surface area contributed by atoms with Crippen LogP contribution in [-0.2, 0) is 21.3 Å². The van der Waals surface area contributed by atoms with Gasteiger partial charge in [-0.2, -0.15) is 0 Å². The second-order valence-electron chi connectivity index (χ2n) is 2.87. The van der Waals surface area contributed by atoms with Crippen molar-refractivity contribution in [3.8, 4) is 5.75 Å². The van der Waals surface area contributed by atoms with Gasteiger partial charge in [-0.15, -0.1) is 0 Å². The van der Waals surface area contributed by atoms with Crippen LogP contribution in [0.1, 0.15) is 5.56 Å². The number of sulfone groups is 1. The summed E-state index contributed by atoms with van der Waals surface area (Å²) in [5.41, 5.74) is 0.444. The summed E-state index contributed by atoms with van der Waals surface area (Å²) in [7, 11) is -3.29. The van der Waals surface area contributed by atoms with Crippen LogP contribution in [0, 0.1) is 0 Å². The molecule has 1 rings (SSSR count). The molecular weight excluding hydrogens is 206 g/mol. The molecule has 0 aromatic heterocycles. The van der Waals surface area contributed by atoms with Crippen LogP contribution in [0.5, 0.6) is 5.75 Å². The lowest BCUT2D eigenvalue weighted by molar-refractivity contribution is 0.122. The average Bonchev–Trinajstić information content (AvgIpc) is 2.07. The third-order valence-electron chi connectivity index (χ3n) is 1.72. The van der Waals surface area contributed by atoms with E-state index in [0.29, 0.717) is 5.56 Å². The lowest BCUT2D eigenvalue weighted by Gasteiger charge is -2.04. The van der Waals surface area contributed by atoms with E-state index in [9.17, 15) is 13.5 Å². The van der Waals surface area contributed by atoms with Crippen LogP contribution in [0.3, 0.4) is 0 Å². The van der Waals surface area contributed by atoms with Gasteiger partial charge in [-0.25, -0.2) is 14.3 Å². The fraction of sp³-hybridized carbons (Fsp3) is 0.250. The number of phenolic OH excluding ortho intramolecular Hbond substituents is 1. The molecule has 3 N–H and O–H groups in total. The Hall–Kier alpha value is -1.11. The molecule has 14 heavy (non-hydrogen) atoms. The lowest BCUT2D eigenvalue weighted by atomic mass is 10.2. The first-order valence-corrected chi connectivity index (χ1v) is 5.68. The Balaban J connectivity index is 3.13. The molecule has 0 bridgehead atoms. The van der Waals surface area contributed by atoms with Crippen molar-refractivity contribution in [3.63, 3.8) is 0 Å². The molecule has 5 nitrogen and oxygen atoms in total. The number of phenols is 1. The second kappa shape index (κ2) is 3.95. The zero-order chi connectivity index (χ0) is 10.8. The van der Waals surface area contributed by atoms with Crippen LogP contribution < -0.4 is 5.90 Å². The number of hydrogen-bond acceptors (Lipinski definition) is 5. The van der Waals surface area contributed by atoms with Gasteiger partial charge in [0.05, 0.1) is 11.5 Å². The van der Waals surface area contributed by atoms with Crippen LogP contribution in [0.15, 0.2) is 23.1 Å². The minimum Gasteiger partial charge on any atom is -0.508 e. The van der Waals surface area contributed by atoms with Gasteiger partial charge in [0.25, 0.3) is 0 Å². The molecule has 0 amide bonds. The van der Waals surface area contributed by atoms with Gasteiger partial charge in [0, 0.05) is 11.8 Å². The van der Waals surface area contributed by atoms with E-state index in [1.807, 2.05) is 0 Å². The Kier molecular flexibility index (Phi) is 3.10. The zero-order valence-electron chi connectivity index (χ0n) is 7.60. The van der Waals surface area contributed by atoms with Crippen molar-refractivity contribution in [1.29, 1.82) is 0 Å². The van der Waals surface area contributed by atoms with Crippen LogP contribution in [0.4, 0.5) is 0 Å². The number of benzene rings is 1. The molecule has 0 atom stereocenters. The number of nitrogens with two attached hydrogens (primary N) is 1. The normalized spacial score (nSPS) is 11.6. The summed E-state index contributed by atoms with van der Waals surface area (Å²) in [6.45, 7) is 0.0376. The summed E-state index contributed by atoms with van der Waals surface area (Å²) in [5.74, 6) is 4.68. The molecule has 0 radical (unpaired) electrons. The molecule has 1 aromatic carbocycles. The van der Waals surface area contributed by atoms with Crippen molar-refractivity contribution in [2.45, 2.75) is 11.5 Å². The molecule has 1 aromatic rings. The maximum Gasteiger partial charge on any atom is 0.175 e. The molecule has 0 aliphatic heterocycles. The molecule has 0 aliphatic rings. The third-order valence-corrected chi connectivity index (χ3v) is 2.83. The standard InChI is InChI=1S/C8H11NO4S/c1-14(11,12)7-3-2-6(5-13-9)8(10)4-7/h2-4,10H,5,9H2,1H3. The first kappa shape index (κ1) is 11.0. The van der Waals surface area contributed by atoms with E-state index in [2.05, 4.69) is 4.84 Å². The average molecular weight is 217 g/mol. The van der Waals surface area contributed by atoms with E-state index < -0.39 is 9.84 Å². The summed E-state index contributed by atoms with van der Waals surface area (Å²) >= 11 is 0. The van der Waals surface area contributed by atoms with Gasteiger partial charge in [-0.3, -0.25) is 4.84 Å². The van der Waals surface area contributed by atoms with Gasteiger partial charge >= 0.3 is 0 Å². The smallest absolute Gasteiger partial charge is 0.175 e. The number of rotatable bonds is 3. The van der Waals surface area contributed by atoms with Gasteiger partial charge in [-0.05, 0) is 12.1 Å². The van der Waals surface area contributed by atoms with Gasteiger partial charge in [0.15, 0.2) is 9.84 Å². The molecule has 0 heterocycles. The first-order chi connectivity index (χ1) is 6.45. The quantitative estimate of drug-likeness (QED) is 0.705. The highest BCUT2D eigenvalue weighted by Gasteiger charge is 2.10. The monoisotopic (exact) mass is 217 g/mol. The Morgan fingerprint density at radius 3 is 2.57 bits per heavy atom. The summed E-state index contributed by atoms with van der Waals surface area (Å²) < 4.78 is 22.2. The molecule has 0 aliphatic carbocycles. The zero-order valence-corrected chi connectivity index (χ0v) is 8.41. The van der Waals surface area contributed by atoms with Crippen LogP contribution in [0.25, 0.3) is 0 Å². The molecule has 0 saturated heterocycles. The third kappa shape index (κ3) is 2.44. The Morgan fingerprint density at radius 2 is 2.14 bits per heavy atom. The van der Waals surface area contributed by atoms with Gasteiger partial charge < -0.3 is 5.11 Å². The minimum atomic E-state index is -3.29. The molecule has 78 valence electrons. The summed E-state index contributed by atoms with van der Waals surface area (Å²) in [5, 5.41) is 9.39. The fourth-order valence-corrected chi connectivity index (χ4v) is 1.63. The van der Waals surface area contributed by atoms with Crippen molar-refractivity contribution in [1.82, 2.24) is 0 Å². The van der Waals surface area contributed by atoms with Gasteiger partial charge in [-0.1, -0.05) is 6.07 Å². The summed E-state index contributed by atoms with van der Waals surface area (Å²) in [6.07, 6.45) is 1.07. The van der Waals surface area contributed by atoms with Crippen molar-refractivity contribution in [3.05, 3.63) is 23.8 Å². The van der Waals surface area contributed by atoms with E-state index in [1.165, 1.54) is 18.2 Å². The van der Waals surface area contributed by atoms with Gasteiger partial charge in [0.1, 0.15) is 5.75 Å². The second-order valence-corrected chi connectivity index (χ2v) is 4.89. The van der Waals surface area contributed by atoms with E-state index in [-0.39, 0.29) is 17.3 Å². The SMILES string of the molecule is CS(=O)(=O)c1ccc(CON)c(O)c1. The highest BCUT2D eigenvalue weighted by molar-refractivity contribution is 7.90. The molecular formula is C8H11NO4S. The predicted molar refractivity (Wildman–Crippen MR) is 50.2 cm³/mol. The van der Waals surface area contributed by atoms with Crippen LogP contribution >= 0.6 is 0 Å². The molecule has 0 spiro atoms. The van der Waals surface area contributed by atoms with E-state index in [1.54, 1.807) is 0 Å². The maximum atomic E-state index is 11.1. The Morgan fingerprint density at radius 1 is 1.50 bits per heavy atom.